The van der Waals surface area contributed by atoms with Gasteiger partial charge in [0.1, 0.15) is 0 Å². The molecule has 35 heavy (non-hydrogen) atoms. The number of hydrogen-bond acceptors (Lipinski definition) is 6. The average molecular weight is 488 g/mol. The van der Waals surface area contributed by atoms with Crippen molar-refractivity contribution in [2.24, 2.45) is 11.8 Å². The molecule has 4 aromatic rings. The minimum atomic E-state index is -1.26. The zero-order valence-corrected chi connectivity index (χ0v) is 20.6. The lowest BCUT2D eigenvalue weighted by molar-refractivity contribution is -0.254. The van der Waals surface area contributed by atoms with E-state index in [1.54, 1.807) is 15.6 Å². The molecule has 0 atom stereocenters. The van der Waals surface area contributed by atoms with E-state index in [2.05, 4.69) is 17.0 Å². The summed E-state index contributed by atoms with van der Waals surface area (Å²) in [5.41, 5.74) is 3.83. The summed E-state index contributed by atoms with van der Waals surface area (Å²) in [6.07, 6.45) is 7.36. The molecule has 0 bridgehead atoms. The van der Waals surface area contributed by atoms with E-state index < -0.39 is 5.97 Å². The predicted octanol–water partition coefficient (Wildman–Crippen LogP) is 4.67. The van der Waals surface area contributed by atoms with Crippen LogP contribution in [0.3, 0.4) is 0 Å². The summed E-state index contributed by atoms with van der Waals surface area (Å²) in [6, 6.07) is 13.4. The highest BCUT2D eigenvalue weighted by Gasteiger charge is 2.30. The monoisotopic (exact) mass is 487 g/mol. The summed E-state index contributed by atoms with van der Waals surface area (Å²) in [6.45, 7) is 4.52. The van der Waals surface area contributed by atoms with Gasteiger partial charge < -0.3 is 14.8 Å². The van der Waals surface area contributed by atoms with Crippen LogP contribution in [0.2, 0.25) is 0 Å². The van der Waals surface area contributed by atoms with Gasteiger partial charge in [-0.3, -0.25) is 4.79 Å². The van der Waals surface area contributed by atoms with Crippen LogP contribution in [0.1, 0.15) is 49.2 Å². The standard InChI is InChI=1S/C27H28N4O3S/c1-3-30(26(32)20-7-5-17(2)6-8-20)22-16-23(35-25(22)27(33)34)19-11-9-18(10-12-19)21-15-24-28-13-4-14-31(24)29-21/h4,9-17,20H,3,5-8H2,1-2H3,(H,33,34)/p-1. The Morgan fingerprint density at radius 2 is 1.83 bits per heavy atom. The maximum atomic E-state index is 13.3. The normalized spacial score (nSPS) is 18.0. The maximum Gasteiger partial charge on any atom is 0.230 e. The lowest BCUT2D eigenvalue weighted by atomic mass is 9.82. The van der Waals surface area contributed by atoms with Gasteiger partial charge in [0.25, 0.3) is 0 Å². The highest BCUT2D eigenvalue weighted by atomic mass is 32.1. The third-order valence-electron chi connectivity index (χ3n) is 6.84. The number of aromatic nitrogens is 3. The number of rotatable bonds is 6. The second-order valence-electron chi connectivity index (χ2n) is 9.18. The molecule has 1 fully saturated rings. The van der Waals surface area contributed by atoms with E-state index in [1.165, 1.54) is 0 Å². The number of fused-ring (bicyclic) bond motifs is 1. The first kappa shape index (κ1) is 23.2. The summed E-state index contributed by atoms with van der Waals surface area (Å²) < 4.78 is 1.73. The van der Waals surface area contributed by atoms with E-state index in [0.29, 0.717) is 18.2 Å². The molecule has 8 heteroatoms. The Kier molecular flexibility index (Phi) is 6.38. The number of aromatic carboxylic acids is 1. The molecule has 0 spiro atoms. The molecule has 1 aromatic carbocycles. The minimum Gasteiger partial charge on any atom is -0.544 e. The van der Waals surface area contributed by atoms with Crippen LogP contribution in [0.25, 0.3) is 27.3 Å². The number of carbonyl (C=O) groups is 2. The third-order valence-corrected chi connectivity index (χ3v) is 7.99. The van der Waals surface area contributed by atoms with Crippen LogP contribution >= 0.6 is 11.3 Å². The molecule has 1 amide bonds. The Balaban J connectivity index is 1.43. The molecule has 1 aliphatic carbocycles. The fourth-order valence-corrected chi connectivity index (χ4v) is 5.82. The fourth-order valence-electron chi connectivity index (χ4n) is 4.82. The average Bonchev–Trinajstić information content (AvgIpc) is 3.50. The number of hydrogen-bond donors (Lipinski definition) is 0. The third kappa shape index (κ3) is 4.58. The van der Waals surface area contributed by atoms with Gasteiger partial charge in [0.05, 0.1) is 22.2 Å². The van der Waals surface area contributed by atoms with Gasteiger partial charge in [-0.2, -0.15) is 5.10 Å². The predicted molar refractivity (Wildman–Crippen MR) is 135 cm³/mol. The minimum absolute atomic E-state index is 0.0158. The molecule has 1 aliphatic rings. The zero-order valence-electron chi connectivity index (χ0n) is 19.8. The van der Waals surface area contributed by atoms with Crippen molar-refractivity contribution in [3.8, 4) is 21.7 Å². The van der Waals surface area contributed by atoms with Crippen LogP contribution in [0.15, 0.2) is 54.9 Å². The second-order valence-corrected chi connectivity index (χ2v) is 10.2. The number of carboxylic acid groups (broad SMARTS) is 1. The van der Waals surface area contributed by atoms with Gasteiger partial charge in [-0.15, -0.1) is 11.3 Å². The molecule has 0 aliphatic heterocycles. The first-order valence-electron chi connectivity index (χ1n) is 12.0. The van der Waals surface area contributed by atoms with Gasteiger partial charge in [0, 0.05) is 41.4 Å². The van der Waals surface area contributed by atoms with Crippen molar-refractivity contribution in [2.45, 2.75) is 39.5 Å². The van der Waals surface area contributed by atoms with E-state index >= 15 is 0 Å². The van der Waals surface area contributed by atoms with Crippen molar-refractivity contribution in [3.63, 3.8) is 0 Å². The number of benzene rings is 1. The zero-order chi connectivity index (χ0) is 24.5. The van der Waals surface area contributed by atoms with Crippen LogP contribution < -0.4 is 10.0 Å². The second kappa shape index (κ2) is 9.62. The van der Waals surface area contributed by atoms with Gasteiger partial charge >= 0.3 is 0 Å². The Hall–Kier alpha value is -3.52. The van der Waals surface area contributed by atoms with Gasteiger partial charge in [0.2, 0.25) is 5.91 Å². The van der Waals surface area contributed by atoms with E-state index in [1.807, 2.05) is 55.6 Å². The Labute approximate surface area is 208 Å². The highest BCUT2D eigenvalue weighted by molar-refractivity contribution is 7.18. The van der Waals surface area contributed by atoms with Crippen LogP contribution in [0, 0.1) is 11.8 Å². The molecule has 0 radical (unpaired) electrons. The maximum absolute atomic E-state index is 13.3. The molecule has 180 valence electrons. The topological polar surface area (TPSA) is 90.6 Å². The van der Waals surface area contributed by atoms with Gasteiger partial charge in [0.15, 0.2) is 5.65 Å². The Bertz CT molecular complexity index is 1330. The molecule has 0 unspecified atom stereocenters. The Morgan fingerprint density at radius 3 is 2.49 bits per heavy atom. The molecule has 0 N–H and O–H groups in total. The number of nitrogens with zero attached hydrogens (tertiary/aromatic N) is 4. The summed E-state index contributed by atoms with van der Waals surface area (Å²) in [7, 11) is 0. The van der Waals surface area contributed by atoms with Crippen molar-refractivity contribution in [1.29, 1.82) is 0 Å². The number of thiophene rings is 1. The molecule has 7 nitrogen and oxygen atoms in total. The lowest BCUT2D eigenvalue weighted by Crippen LogP contribution is -2.38. The molecular weight excluding hydrogens is 460 g/mol. The largest absolute Gasteiger partial charge is 0.544 e. The summed E-state index contributed by atoms with van der Waals surface area (Å²) in [5, 5.41) is 16.6. The smallest absolute Gasteiger partial charge is 0.230 e. The molecule has 3 heterocycles. The molecule has 0 saturated heterocycles. The van der Waals surface area contributed by atoms with Gasteiger partial charge in [-0.05, 0) is 56.2 Å². The van der Waals surface area contributed by atoms with Crippen LogP contribution in [0.5, 0.6) is 0 Å². The van der Waals surface area contributed by atoms with Crippen molar-refractivity contribution in [1.82, 2.24) is 14.6 Å². The molecule has 1 saturated carbocycles. The van der Waals surface area contributed by atoms with Crippen LogP contribution in [-0.2, 0) is 4.79 Å². The van der Waals surface area contributed by atoms with E-state index in [4.69, 9.17) is 0 Å². The molecule has 5 rings (SSSR count). The van der Waals surface area contributed by atoms with Crippen molar-refractivity contribution >= 4 is 34.5 Å². The number of amides is 1. The first-order chi connectivity index (χ1) is 16.9. The van der Waals surface area contributed by atoms with Crippen molar-refractivity contribution in [3.05, 3.63) is 59.7 Å². The Morgan fingerprint density at radius 1 is 1.11 bits per heavy atom. The molecule has 3 aromatic heterocycles. The SMILES string of the molecule is CCN(C(=O)C1CCC(C)CC1)c1cc(-c2ccc(-c3cc4ncccn4n3)cc2)sc1C(=O)[O-]. The highest BCUT2D eigenvalue weighted by Crippen LogP contribution is 2.39. The number of carboxylic acids is 1. The lowest BCUT2D eigenvalue weighted by Gasteiger charge is -2.30. The first-order valence-corrected chi connectivity index (χ1v) is 12.8. The van der Waals surface area contributed by atoms with Gasteiger partial charge in [-0.25, -0.2) is 9.50 Å². The van der Waals surface area contributed by atoms with E-state index in [-0.39, 0.29) is 16.7 Å². The summed E-state index contributed by atoms with van der Waals surface area (Å²) >= 11 is 1.15. The molecular formula is C27H27N4O3S-. The van der Waals surface area contributed by atoms with Gasteiger partial charge in [-0.1, -0.05) is 31.2 Å². The van der Waals surface area contributed by atoms with Crippen LogP contribution in [-0.4, -0.2) is 33.0 Å². The van der Waals surface area contributed by atoms with E-state index in [0.717, 1.165) is 64.4 Å². The number of carbonyl (C=O) groups excluding carboxylic acids is 2. The quantitative estimate of drug-likeness (QED) is 0.394. The van der Waals surface area contributed by atoms with Crippen LogP contribution in [0.4, 0.5) is 5.69 Å². The van der Waals surface area contributed by atoms with Crippen molar-refractivity contribution in [2.75, 3.05) is 11.4 Å². The fraction of sp³-hybridized carbons (Fsp3) is 0.333. The van der Waals surface area contributed by atoms with Crippen molar-refractivity contribution < 1.29 is 14.7 Å². The van der Waals surface area contributed by atoms with E-state index in [9.17, 15) is 14.7 Å². The number of anilines is 1. The summed E-state index contributed by atoms with van der Waals surface area (Å²) in [4.78, 5) is 32.1. The summed E-state index contributed by atoms with van der Waals surface area (Å²) in [5.74, 6) is -0.653.